The molecule has 1 saturated carbocycles. The van der Waals surface area contributed by atoms with E-state index in [-0.39, 0.29) is 0 Å². The van der Waals surface area contributed by atoms with Gasteiger partial charge in [-0.1, -0.05) is 18.2 Å². The highest BCUT2D eigenvalue weighted by atomic mass is 32.1. The maximum Gasteiger partial charge on any atom is 0.138 e. The third-order valence-electron chi connectivity index (χ3n) is 3.36. The molecule has 0 spiro atoms. The van der Waals surface area contributed by atoms with Crippen LogP contribution in [0, 0.1) is 0 Å². The van der Waals surface area contributed by atoms with Crippen LogP contribution >= 0.6 is 11.3 Å². The van der Waals surface area contributed by atoms with E-state index >= 15 is 0 Å². The fraction of sp³-hybridized carbons (Fsp3) is 0.400. The maximum atomic E-state index is 11.9. The second kappa shape index (κ2) is 5.21. The molecule has 2 nitrogen and oxygen atoms in total. The summed E-state index contributed by atoms with van der Waals surface area (Å²) in [5.74, 6) is 0.340. The van der Waals surface area contributed by atoms with Crippen LogP contribution in [0.2, 0.25) is 0 Å². The largest absolute Gasteiger partial charge is 0.314 e. The van der Waals surface area contributed by atoms with E-state index in [9.17, 15) is 4.79 Å². The van der Waals surface area contributed by atoms with E-state index in [1.54, 1.807) is 11.3 Å². The molecule has 94 valence electrons. The number of Topliss-reactive ketones (excluding diaryl/α,β-unsaturated/α-hetero) is 1. The highest BCUT2D eigenvalue weighted by Gasteiger charge is 2.20. The lowest BCUT2D eigenvalue weighted by atomic mass is 10.1. The van der Waals surface area contributed by atoms with Crippen LogP contribution in [0.25, 0.3) is 10.1 Å². The third kappa shape index (κ3) is 2.79. The molecular formula is C15H17NOS. The van der Waals surface area contributed by atoms with Crippen molar-refractivity contribution in [2.45, 2.75) is 31.7 Å². The van der Waals surface area contributed by atoms with Crippen LogP contribution in [0.3, 0.4) is 0 Å². The Hall–Kier alpha value is -1.19. The Morgan fingerprint density at radius 2 is 2.17 bits per heavy atom. The quantitative estimate of drug-likeness (QED) is 0.863. The SMILES string of the molecule is O=C(CCNC1CC1)Cc1csc2ccccc12. The first-order valence-corrected chi connectivity index (χ1v) is 7.41. The summed E-state index contributed by atoms with van der Waals surface area (Å²) >= 11 is 1.73. The minimum absolute atomic E-state index is 0.340. The molecule has 1 aliphatic rings. The van der Waals surface area contributed by atoms with Crippen LogP contribution in [-0.2, 0) is 11.2 Å². The molecule has 0 aliphatic heterocycles. The maximum absolute atomic E-state index is 11.9. The lowest BCUT2D eigenvalue weighted by molar-refractivity contribution is -0.118. The number of thiophene rings is 1. The van der Waals surface area contributed by atoms with Gasteiger partial charge in [-0.3, -0.25) is 4.79 Å². The van der Waals surface area contributed by atoms with E-state index < -0.39 is 0 Å². The number of carbonyl (C=O) groups excluding carboxylic acids is 1. The molecule has 3 heteroatoms. The molecule has 0 bridgehead atoms. The summed E-state index contributed by atoms with van der Waals surface area (Å²) in [6.07, 6.45) is 3.80. The van der Waals surface area contributed by atoms with Crippen molar-refractivity contribution in [2.75, 3.05) is 6.54 Å². The summed E-state index contributed by atoms with van der Waals surface area (Å²) in [6, 6.07) is 9.00. The Balaban J connectivity index is 1.59. The van der Waals surface area contributed by atoms with Crippen molar-refractivity contribution in [2.24, 2.45) is 0 Å². The average molecular weight is 259 g/mol. The van der Waals surface area contributed by atoms with Crippen LogP contribution < -0.4 is 5.32 Å². The molecule has 0 radical (unpaired) electrons. The molecule has 1 aliphatic carbocycles. The zero-order valence-electron chi connectivity index (χ0n) is 10.3. The number of hydrogen-bond donors (Lipinski definition) is 1. The van der Waals surface area contributed by atoms with E-state index in [0.29, 0.717) is 24.7 Å². The van der Waals surface area contributed by atoms with Gasteiger partial charge in [-0.05, 0) is 35.2 Å². The minimum Gasteiger partial charge on any atom is -0.314 e. The molecule has 0 unspecified atom stereocenters. The van der Waals surface area contributed by atoms with Gasteiger partial charge in [0, 0.05) is 30.1 Å². The highest BCUT2D eigenvalue weighted by Crippen LogP contribution is 2.26. The van der Waals surface area contributed by atoms with Crippen molar-refractivity contribution in [3.05, 3.63) is 35.2 Å². The first-order chi connectivity index (χ1) is 8.83. The van der Waals surface area contributed by atoms with Crippen LogP contribution in [0.4, 0.5) is 0 Å². The van der Waals surface area contributed by atoms with Gasteiger partial charge < -0.3 is 5.32 Å². The standard InChI is InChI=1S/C15H17NOS/c17-13(7-8-16-12-5-6-12)9-11-10-18-15-4-2-1-3-14(11)15/h1-4,10,12,16H,5-9H2. The summed E-state index contributed by atoms with van der Waals surface area (Å²) in [6.45, 7) is 0.839. The van der Waals surface area contributed by atoms with Crippen LogP contribution in [0.1, 0.15) is 24.8 Å². The Morgan fingerprint density at radius 3 is 3.00 bits per heavy atom. The summed E-state index contributed by atoms with van der Waals surface area (Å²) in [4.78, 5) is 11.9. The zero-order chi connectivity index (χ0) is 12.4. The Morgan fingerprint density at radius 1 is 1.33 bits per heavy atom. The van der Waals surface area contributed by atoms with Crippen molar-refractivity contribution < 1.29 is 4.79 Å². The predicted molar refractivity (Wildman–Crippen MR) is 76.2 cm³/mol. The molecule has 0 amide bonds. The molecule has 1 N–H and O–H groups in total. The number of rotatable bonds is 6. The predicted octanol–water partition coefficient (Wildman–Crippen LogP) is 3.16. The fourth-order valence-electron chi connectivity index (χ4n) is 2.17. The first kappa shape index (κ1) is 11.9. The number of ketones is 1. The Labute approximate surface area is 111 Å². The second-order valence-corrected chi connectivity index (χ2v) is 5.86. The number of benzene rings is 1. The third-order valence-corrected chi connectivity index (χ3v) is 4.38. The fourth-order valence-corrected chi connectivity index (χ4v) is 3.14. The average Bonchev–Trinajstić information content (AvgIpc) is 3.11. The number of hydrogen-bond acceptors (Lipinski definition) is 3. The van der Waals surface area contributed by atoms with Crippen LogP contribution in [0.5, 0.6) is 0 Å². The summed E-state index contributed by atoms with van der Waals surface area (Å²) in [5.41, 5.74) is 1.19. The molecule has 0 atom stereocenters. The van der Waals surface area contributed by atoms with Gasteiger partial charge in [-0.15, -0.1) is 11.3 Å². The van der Waals surface area contributed by atoms with Gasteiger partial charge in [0.05, 0.1) is 0 Å². The van der Waals surface area contributed by atoms with Crippen molar-refractivity contribution in [3.8, 4) is 0 Å². The number of nitrogens with one attached hydrogen (secondary N) is 1. The molecule has 18 heavy (non-hydrogen) atoms. The minimum atomic E-state index is 0.340. The molecule has 2 aromatic rings. The van der Waals surface area contributed by atoms with Crippen molar-refractivity contribution >= 4 is 27.2 Å². The van der Waals surface area contributed by atoms with Gasteiger partial charge in [0.2, 0.25) is 0 Å². The first-order valence-electron chi connectivity index (χ1n) is 6.53. The van der Waals surface area contributed by atoms with Crippen molar-refractivity contribution in [1.82, 2.24) is 5.32 Å². The highest BCUT2D eigenvalue weighted by molar-refractivity contribution is 7.17. The molecule has 1 aromatic heterocycles. The summed E-state index contributed by atoms with van der Waals surface area (Å²) in [5, 5.41) is 6.75. The van der Waals surface area contributed by atoms with Crippen LogP contribution in [0.15, 0.2) is 29.6 Å². The van der Waals surface area contributed by atoms with E-state index in [1.165, 1.54) is 28.5 Å². The van der Waals surface area contributed by atoms with E-state index in [2.05, 4.69) is 22.8 Å². The zero-order valence-corrected chi connectivity index (χ0v) is 11.1. The van der Waals surface area contributed by atoms with Crippen molar-refractivity contribution in [3.63, 3.8) is 0 Å². The van der Waals surface area contributed by atoms with E-state index in [1.807, 2.05) is 12.1 Å². The normalized spacial score (nSPS) is 15.1. The molecule has 1 heterocycles. The molecular weight excluding hydrogens is 242 g/mol. The molecule has 1 fully saturated rings. The number of carbonyl (C=O) groups is 1. The Kier molecular flexibility index (Phi) is 3.43. The Bertz CT molecular complexity index is 556. The van der Waals surface area contributed by atoms with Gasteiger partial charge in [0.25, 0.3) is 0 Å². The van der Waals surface area contributed by atoms with E-state index in [4.69, 9.17) is 0 Å². The van der Waals surface area contributed by atoms with Crippen molar-refractivity contribution in [1.29, 1.82) is 0 Å². The molecule has 3 rings (SSSR count). The summed E-state index contributed by atoms with van der Waals surface area (Å²) < 4.78 is 1.27. The molecule has 1 aromatic carbocycles. The monoisotopic (exact) mass is 259 g/mol. The molecule has 0 saturated heterocycles. The van der Waals surface area contributed by atoms with Crippen LogP contribution in [-0.4, -0.2) is 18.4 Å². The van der Waals surface area contributed by atoms with Gasteiger partial charge >= 0.3 is 0 Å². The topological polar surface area (TPSA) is 29.1 Å². The van der Waals surface area contributed by atoms with Gasteiger partial charge in [-0.2, -0.15) is 0 Å². The summed E-state index contributed by atoms with van der Waals surface area (Å²) in [7, 11) is 0. The van der Waals surface area contributed by atoms with Gasteiger partial charge in [0.1, 0.15) is 5.78 Å². The van der Waals surface area contributed by atoms with Gasteiger partial charge in [-0.25, -0.2) is 0 Å². The van der Waals surface area contributed by atoms with E-state index in [0.717, 1.165) is 6.54 Å². The second-order valence-electron chi connectivity index (χ2n) is 4.95. The lowest BCUT2D eigenvalue weighted by Crippen LogP contribution is -2.20. The smallest absolute Gasteiger partial charge is 0.138 e. The van der Waals surface area contributed by atoms with Gasteiger partial charge in [0.15, 0.2) is 0 Å². The lowest BCUT2D eigenvalue weighted by Gasteiger charge is -2.02. The number of fused-ring (bicyclic) bond motifs is 1.